The van der Waals surface area contributed by atoms with Gasteiger partial charge >= 0.3 is 0 Å². The van der Waals surface area contributed by atoms with Gasteiger partial charge in [0.05, 0.1) is 34.0 Å². The zero-order valence-electron chi connectivity index (χ0n) is 28.2. The number of thioether (sulfide) groups is 1. The summed E-state index contributed by atoms with van der Waals surface area (Å²) in [6.45, 7) is 2.06. The first kappa shape index (κ1) is 30.8. The third-order valence-electron chi connectivity index (χ3n) is 11.9. The highest BCUT2D eigenvalue weighted by Crippen LogP contribution is 2.50. The topological polar surface area (TPSA) is 80.6 Å². The van der Waals surface area contributed by atoms with Crippen molar-refractivity contribution in [1.29, 1.82) is 0 Å². The van der Waals surface area contributed by atoms with E-state index in [1.54, 1.807) is 0 Å². The molecular weight excluding hydrogens is 625 g/mol. The zero-order chi connectivity index (χ0) is 33.2. The number of nitrogens with one attached hydrogen (secondary N) is 1. The van der Waals surface area contributed by atoms with Gasteiger partial charge in [-0.25, -0.2) is 9.97 Å². The summed E-state index contributed by atoms with van der Waals surface area (Å²) < 4.78 is 1.83. The normalized spacial score (nSPS) is 18.4. The highest BCUT2D eigenvalue weighted by molar-refractivity contribution is 7.98. The Hall–Kier alpha value is -4.23. The molecule has 2 aromatic heterocycles. The van der Waals surface area contributed by atoms with Crippen LogP contribution in [0.4, 0.5) is 0 Å². The lowest BCUT2D eigenvalue weighted by molar-refractivity contribution is 0.283. The standard InChI is InChI=1S/C42H42N4O2S/c1-27-16-18-30(19-17-27)46-39(48)35-37(32-15-7-5-13-29(32)25-42(35)22-10-3-11-23-42)45-40(46)49-26-33-43-36-31-14-6-4-12-28(31)24-41(20-8-2-9-21-41)34(36)38(47)44-33/h4-7,12-19H,2-3,8-11,20-26H2,1H3,(H,43,44,47). The highest BCUT2D eigenvalue weighted by atomic mass is 32.2. The van der Waals surface area contributed by atoms with Crippen LogP contribution in [0, 0.1) is 6.92 Å². The average Bonchev–Trinajstić information content (AvgIpc) is 3.12. The molecule has 2 heterocycles. The van der Waals surface area contributed by atoms with Crippen LogP contribution in [-0.2, 0) is 29.4 Å². The van der Waals surface area contributed by atoms with Crippen LogP contribution < -0.4 is 11.1 Å². The largest absolute Gasteiger partial charge is 0.310 e. The molecule has 248 valence electrons. The number of H-pyrrole nitrogens is 1. The molecule has 7 heteroatoms. The predicted octanol–water partition coefficient (Wildman–Crippen LogP) is 8.77. The van der Waals surface area contributed by atoms with Gasteiger partial charge in [-0.1, -0.05) is 117 Å². The number of aromatic nitrogens is 4. The van der Waals surface area contributed by atoms with Crippen molar-refractivity contribution in [2.75, 3.05) is 0 Å². The van der Waals surface area contributed by atoms with Gasteiger partial charge in [0.2, 0.25) is 0 Å². The van der Waals surface area contributed by atoms with Gasteiger partial charge in [0.1, 0.15) is 5.82 Å². The monoisotopic (exact) mass is 666 g/mol. The van der Waals surface area contributed by atoms with Crippen LogP contribution in [0.25, 0.3) is 28.2 Å². The number of fused-ring (bicyclic) bond motifs is 8. The van der Waals surface area contributed by atoms with E-state index in [-0.39, 0.29) is 21.9 Å². The minimum Gasteiger partial charge on any atom is -0.310 e. The van der Waals surface area contributed by atoms with Crippen LogP contribution in [0.3, 0.4) is 0 Å². The number of aromatic amines is 1. The van der Waals surface area contributed by atoms with Crippen molar-refractivity contribution < 1.29 is 0 Å². The Morgan fingerprint density at radius 2 is 1.24 bits per heavy atom. The van der Waals surface area contributed by atoms with E-state index < -0.39 is 0 Å². The fraction of sp³-hybridized carbons (Fsp3) is 0.381. The first-order chi connectivity index (χ1) is 23.9. The van der Waals surface area contributed by atoms with Crippen LogP contribution in [0.15, 0.2) is 87.5 Å². The maximum atomic E-state index is 15.0. The van der Waals surface area contributed by atoms with Gasteiger partial charge in [0.15, 0.2) is 5.16 Å². The molecule has 6 nitrogen and oxygen atoms in total. The van der Waals surface area contributed by atoms with E-state index in [9.17, 15) is 4.79 Å². The van der Waals surface area contributed by atoms with Gasteiger partial charge in [0.25, 0.3) is 11.1 Å². The van der Waals surface area contributed by atoms with Crippen LogP contribution in [-0.4, -0.2) is 19.5 Å². The molecule has 2 fully saturated rings. The van der Waals surface area contributed by atoms with Gasteiger partial charge < -0.3 is 4.98 Å². The molecular formula is C42H42N4O2S. The summed E-state index contributed by atoms with van der Waals surface area (Å²) in [6, 6.07) is 25.2. The molecule has 0 amide bonds. The SMILES string of the molecule is Cc1ccc(-n2c(SCc3nc4c(c(=O)[nH]3)C3(CCCCC3)Cc3ccccc3-4)nc3c(c2=O)C2(CCCCC2)Cc2ccccc2-3)cc1. The minimum absolute atomic E-state index is 0.0144. The predicted molar refractivity (Wildman–Crippen MR) is 197 cm³/mol. The molecule has 0 saturated heterocycles. The Bertz CT molecular complexity index is 2200. The van der Waals surface area contributed by atoms with Crippen molar-refractivity contribution in [3.05, 3.63) is 127 Å². The molecule has 0 bridgehead atoms. The van der Waals surface area contributed by atoms with E-state index in [0.29, 0.717) is 16.7 Å². The molecule has 0 aliphatic heterocycles. The fourth-order valence-electron chi connectivity index (χ4n) is 9.63. The zero-order valence-corrected chi connectivity index (χ0v) is 29.0. The van der Waals surface area contributed by atoms with Gasteiger partial charge in [-0.2, -0.15) is 0 Å². The number of nitrogens with zero attached hydrogens (tertiary/aromatic N) is 3. The Labute approximate surface area is 291 Å². The molecule has 3 aromatic carbocycles. The molecule has 49 heavy (non-hydrogen) atoms. The van der Waals surface area contributed by atoms with Crippen molar-refractivity contribution in [1.82, 2.24) is 19.5 Å². The van der Waals surface area contributed by atoms with E-state index in [1.165, 1.54) is 35.7 Å². The van der Waals surface area contributed by atoms with Gasteiger partial charge in [-0.15, -0.1) is 0 Å². The lowest BCUT2D eigenvalue weighted by Gasteiger charge is -2.42. The minimum atomic E-state index is -0.199. The van der Waals surface area contributed by atoms with Crippen LogP contribution >= 0.6 is 11.8 Å². The summed E-state index contributed by atoms with van der Waals surface area (Å²) in [6.07, 6.45) is 12.8. The van der Waals surface area contributed by atoms with Crippen molar-refractivity contribution in [3.8, 4) is 28.2 Å². The Morgan fingerprint density at radius 1 is 0.694 bits per heavy atom. The third-order valence-corrected chi connectivity index (χ3v) is 12.9. The third kappa shape index (κ3) is 5.07. The van der Waals surface area contributed by atoms with Gasteiger partial charge in [-0.05, 0) is 68.7 Å². The Kier molecular flexibility index (Phi) is 7.53. The van der Waals surface area contributed by atoms with Crippen LogP contribution in [0.1, 0.15) is 97.8 Å². The number of aryl methyl sites for hydroxylation is 1. The second-order valence-corrected chi connectivity index (χ2v) is 15.9. The number of rotatable bonds is 4. The summed E-state index contributed by atoms with van der Waals surface area (Å²) in [4.78, 5) is 42.9. The molecule has 2 spiro atoms. The van der Waals surface area contributed by atoms with Gasteiger partial charge in [-0.3, -0.25) is 14.2 Å². The molecule has 9 rings (SSSR count). The summed E-state index contributed by atoms with van der Waals surface area (Å²) in [5, 5.41) is 0.625. The maximum Gasteiger partial charge on any atom is 0.263 e. The van der Waals surface area contributed by atoms with Crippen molar-refractivity contribution in [2.24, 2.45) is 0 Å². The highest BCUT2D eigenvalue weighted by Gasteiger charge is 2.44. The van der Waals surface area contributed by atoms with E-state index in [0.717, 1.165) is 109 Å². The number of hydrogen-bond acceptors (Lipinski definition) is 5. The Morgan fingerprint density at radius 3 is 1.86 bits per heavy atom. The summed E-state index contributed by atoms with van der Waals surface area (Å²) in [5.74, 6) is 1.00. The van der Waals surface area contributed by atoms with Crippen molar-refractivity contribution in [3.63, 3.8) is 0 Å². The van der Waals surface area contributed by atoms with Gasteiger partial charge in [0, 0.05) is 22.0 Å². The van der Waals surface area contributed by atoms with E-state index in [1.807, 2.05) is 22.8 Å². The first-order valence-corrected chi connectivity index (χ1v) is 19.1. The quantitative estimate of drug-likeness (QED) is 0.153. The Balaban J connectivity index is 1.18. The maximum absolute atomic E-state index is 15.0. The van der Waals surface area contributed by atoms with Crippen LogP contribution in [0.2, 0.25) is 0 Å². The van der Waals surface area contributed by atoms with Crippen molar-refractivity contribution >= 4 is 11.8 Å². The molecule has 0 atom stereocenters. The first-order valence-electron chi connectivity index (χ1n) is 18.1. The smallest absolute Gasteiger partial charge is 0.263 e. The number of benzene rings is 3. The molecule has 1 N–H and O–H groups in total. The van der Waals surface area contributed by atoms with Crippen molar-refractivity contribution in [2.45, 2.75) is 106 Å². The fourth-order valence-corrected chi connectivity index (χ4v) is 10.5. The summed E-state index contributed by atoms with van der Waals surface area (Å²) >= 11 is 1.48. The lowest BCUT2D eigenvalue weighted by atomic mass is 9.62. The molecule has 0 unspecified atom stereocenters. The second kappa shape index (κ2) is 12.0. The summed E-state index contributed by atoms with van der Waals surface area (Å²) in [7, 11) is 0. The molecule has 4 aliphatic rings. The van der Waals surface area contributed by atoms with E-state index >= 15 is 4.79 Å². The molecule has 4 aliphatic carbocycles. The van der Waals surface area contributed by atoms with Crippen LogP contribution in [0.5, 0.6) is 0 Å². The molecule has 0 radical (unpaired) electrons. The summed E-state index contributed by atoms with van der Waals surface area (Å²) in [5.41, 5.74) is 9.76. The van der Waals surface area contributed by atoms with E-state index in [4.69, 9.17) is 9.97 Å². The lowest BCUT2D eigenvalue weighted by Crippen LogP contribution is -2.42. The number of hydrogen-bond donors (Lipinski definition) is 1. The van der Waals surface area contributed by atoms with E-state index in [2.05, 4.69) is 66.5 Å². The molecule has 5 aromatic rings. The average molecular weight is 667 g/mol. The molecule has 2 saturated carbocycles. The second-order valence-electron chi connectivity index (χ2n) is 15.0.